The summed E-state index contributed by atoms with van der Waals surface area (Å²) in [5.74, 6) is 0.948. The molecule has 0 unspecified atom stereocenters. The number of benzene rings is 2. The number of rotatable bonds is 6. The Kier molecular flexibility index (Phi) is 5.66. The van der Waals surface area contributed by atoms with E-state index >= 15 is 0 Å². The van der Waals surface area contributed by atoms with Crippen LogP contribution in [-0.4, -0.2) is 22.5 Å². The van der Waals surface area contributed by atoms with E-state index in [9.17, 15) is 4.79 Å². The summed E-state index contributed by atoms with van der Waals surface area (Å²) in [5, 5.41) is 6.03. The van der Waals surface area contributed by atoms with Crippen molar-refractivity contribution in [2.75, 3.05) is 17.2 Å². The Bertz CT molecular complexity index is 902. The Morgan fingerprint density at radius 2 is 1.63 bits per heavy atom. The number of para-hydroxylation sites is 1. The molecule has 0 saturated heterocycles. The molecule has 0 fully saturated rings. The van der Waals surface area contributed by atoms with Crippen LogP contribution < -0.4 is 15.4 Å². The number of nitrogens with one attached hydrogen (secondary N) is 2. The number of hydrogen-bond donors (Lipinski definition) is 2. The van der Waals surface area contributed by atoms with E-state index in [0.29, 0.717) is 23.8 Å². The zero-order valence-electron chi connectivity index (χ0n) is 15.6. The van der Waals surface area contributed by atoms with Crippen LogP contribution in [0.5, 0.6) is 5.75 Å². The molecule has 2 N–H and O–H groups in total. The van der Waals surface area contributed by atoms with Gasteiger partial charge < -0.3 is 15.4 Å². The van der Waals surface area contributed by atoms with Crippen LogP contribution in [0.1, 0.15) is 28.4 Å². The van der Waals surface area contributed by atoms with Crippen LogP contribution in [0.4, 0.5) is 17.3 Å². The molecule has 0 radical (unpaired) electrons. The minimum atomic E-state index is -0.266. The van der Waals surface area contributed by atoms with Crippen molar-refractivity contribution in [3.63, 3.8) is 0 Å². The van der Waals surface area contributed by atoms with Crippen LogP contribution in [0.3, 0.4) is 0 Å². The SMILES string of the molecule is CCOc1ccc(NC(=O)c2cnc(Nc3c(C)cccc3C)nc2)cc1. The number of nitrogens with zero attached hydrogens (tertiary/aromatic N) is 2. The highest BCUT2D eigenvalue weighted by Gasteiger charge is 2.09. The Labute approximate surface area is 158 Å². The van der Waals surface area contributed by atoms with E-state index in [2.05, 4.69) is 20.6 Å². The second-order valence-electron chi connectivity index (χ2n) is 6.10. The first kappa shape index (κ1) is 18.4. The Hall–Kier alpha value is -3.41. The number of carbonyl (C=O) groups excluding carboxylic acids is 1. The van der Waals surface area contributed by atoms with Gasteiger partial charge in [-0.3, -0.25) is 4.79 Å². The van der Waals surface area contributed by atoms with Crippen LogP contribution in [0.25, 0.3) is 0 Å². The van der Waals surface area contributed by atoms with Gasteiger partial charge in [-0.05, 0) is 56.2 Å². The van der Waals surface area contributed by atoms with Crippen LogP contribution in [0.2, 0.25) is 0 Å². The Balaban J connectivity index is 1.66. The predicted molar refractivity (Wildman–Crippen MR) is 107 cm³/mol. The molecule has 2 aromatic carbocycles. The summed E-state index contributed by atoms with van der Waals surface area (Å²) in [6, 6.07) is 13.3. The van der Waals surface area contributed by atoms with Crippen molar-refractivity contribution >= 4 is 23.2 Å². The molecule has 0 bridgehead atoms. The number of aryl methyl sites for hydroxylation is 2. The smallest absolute Gasteiger partial charge is 0.258 e. The number of ether oxygens (including phenoxy) is 1. The second-order valence-corrected chi connectivity index (χ2v) is 6.10. The van der Waals surface area contributed by atoms with Gasteiger partial charge in [0.1, 0.15) is 5.75 Å². The molecule has 0 aliphatic rings. The highest BCUT2D eigenvalue weighted by atomic mass is 16.5. The molecule has 0 saturated carbocycles. The third kappa shape index (κ3) is 4.61. The number of hydrogen-bond acceptors (Lipinski definition) is 5. The van der Waals surface area contributed by atoms with Crippen molar-refractivity contribution in [1.82, 2.24) is 9.97 Å². The lowest BCUT2D eigenvalue weighted by molar-refractivity contribution is 0.102. The normalized spacial score (nSPS) is 10.3. The number of aromatic nitrogens is 2. The van der Waals surface area contributed by atoms with E-state index in [0.717, 1.165) is 22.6 Å². The third-order valence-corrected chi connectivity index (χ3v) is 4.06. The number of anilines is 3. The van der Waals surface area contributed by atoms with Crippen molar-refractivity contribution < 1.29 is 9.53 Å². The number of carbonyl (C=O) groups is 1. The minimum absolute atomic E-state index is 0.266. The summed E-state index contributed by atoms with van der Waals surface area (Å²) in [4.78, 5) is 20.9. The van der Waals surface area contributed by atoms with Gasteiger partial charge in [0.25, 0.3) is 5.91 Å². The van der Waals surface area contributed by atoms with Crippen molar-refractivity contribution in [3.8, 4) is 5.75 Å². The first-order valence-corrected chi connectivity index (χ1v) is 8.76. The zero-order chi connectivity index (χ0) is 19.2. The fourth-order valence-corrected chi connectivity index (χ4v) is 2.64. The Morgan fingerprint density at radius 1 is 1.00 bits per heavy atom. The molecule has 0 aliphatic carbocycles. The maximum absolute atomic E-state index is 12.4. The zero-order valence-corrected chi connectivity index (χ0v) is 15.6. The maximum Gasteiger partial charge on any atom is 0.258 e. The largest absolute Gasteiger partial charge is 0.494 e. The first-order valence-electron chi connectivity index (χ1n) is 8.76. The molecule has 27 heavy (non-hydrogen) atoms. The van der Waals surface area contributed by atoms with Crippen molar-refractivity contribution in [2.24, 2.45) is 0 Å². The quantitative estimate of drug-likeness (QED) is 0.676. The second kappa shape index (κ2) is 8.31. The average Bonchev–Trinajstić information content (AvgIpc) is 2.67. The molecule has 3 aromatic rings. The summed E-state index contributed by atoms with van der Waals surface area (Å²) < 4.78 is 5.39. The maximum atomic E-state index is 12.4. The van der Waals surface area contributed by atoms with E-state index in [1.807, 2.05) is 51.1 Å². The summed E-state index contributed by atoms with van der Waals surface area (Å²) in [5.41, 5.74) is 4.26. The van der Waals surface area contributed by atoms with E-state index in [4.69, 9.17) is 4.74 Å². The highest BCUT2D eigenvalue weighted by Crippen LogP contribution is 2.22. The van der Waals surface area contributed by atoms with E-state index in [1.54, 1.807) is 12.1 Å². The van der Waals surface area contributed by atoms with Crippen LogP contribution in [0.15, 0.2) is 54.9 Å². The molecular formula is C21H22N4O2. The molecule has 0 spiro atoms. The van der Waals surface area contributed by atoms with Crippen molar-refractivity contribution in [3.05, 3.63) is 71.5 Å². The third-order valence-electron chi connectivity index (χ3n) is 4.06. The predicted octanol–water partition coefficient (Wildman–Crippen LogP) is 4.49. The van der Waals surface area contributed by atoms with Gasteiger partial charge in [-0.1, -0.05) is 18.2 Å². The van der Waals surface area contributed by atoms with Gasteiger partial charge in [-0.15, -0.1) is 0 Å². The molecule has 1 amide bonds. The monoisotopic (exact) mass is 362 g/mol. The molecule has 0 atom stereocenters. The summed E-state index contributed by atoms with van der Waals surface area (Å²) >= 11 is 0. The summed E-state index contributed by atoms with van der Waals surface area (Å²) in [6.07, 6.45) is 3.01. The van der Waals surface area contributed by atoms with Gasteiger partial charge in [0.05, 0.1) is 12.2 Å². The van der Waals surface area contributed by atoms with Crippen LogP contribution in [0, 0.1) is 13.8 Å². The minimum Gasteiger partial charge on any atom is -0.494 e. The van der Waals surface area contributed by atoms with E-state index in [1.165, 1.54) is 12.4 Å². The topological polar surface area (TPSA) is 76.1 Å². The molecule has 1 heterocycles. The molecule has 0 aliphatic heterocycles. The Morgan fingerprint density at radius 3 is 2.22 bits per heavy atom. The fourth-order valence-electron chi connectivity index (χ4n) is 2.64. The summed E-state index contributed by atoms with van der Waals surface area (Å²) in [6.45, 7) is 6.57. The lowest BCUT2D eigenvalue weighted by Gasteiger charge is -2.11. The highest BCUT2D eigenvalue weighted by molar-refractivity contribution is 6.03. The van der Waals surface area contributed by atoms with Gasteiger partial charge >= 0.3 is 0 Å². The number of amides is 1. The molecule has 138 valence electrons. The standard InChI is InChI=1S/C21H22N4O2/c1-4-27-18-10-8-17(9-11-18)24-20(26)16-12-22-21(23-13-16)25-19-14(2)6-5-7-15(19)3/h5-13H,4H2,1-3H3,(H,24,26)(H,22,23,25). The lowest BCUT2D eigenvalue weighted by Crippen LogP contribution is -2.13. The van der Waals surface area contributed by atoms with Crippen LogP contribution >= 0.6 is 0 Å². The molecule has 6 heteroatoms. The van der Waals surface area contributed by atoms with Crippen molar-refractivity contribution in [2.45, 2.75) is 20.8 Å². The van der Waals surface area contributed by atoms with Gasteiger partial charge in [0, 0.05) is 23.8 Å². The van der Waals surface area contributed by atoms with Gasteiger partial charge in [0.15, 0.2) is 0 Å². The van der Waals surface area contributed by atoms with Crippen molar-refractivity contribution in [1.29, 1.82) is 0 Å². The first-order chi connectivity index (χ1) is 13.1. The van der Waals surface area contributed by atoms with E-state index < -0.39 is 0 Å². The van der Waals surface area contributed by atoms with Gasteiger partial charge in [-0.2, -0.15) is 0 Å². The average molecular weight is 362 g/mol. The lowest BCUT2D eigenvalue weighted by atomic mass is 10.1. The summed E-state index contributed by atoms with van der Waals surface area (Å²) in [7, 11) is 0. The molecule has 6 nitrogen and oxygen atoms in total. The molecule has 1 aromatic heterocycles. The fraction of sp³-hybridized carbons (Fsp3) is 0.190. The molecule has 3 rings (SSSR count). The van der Waals surface area contributed by atoms with Gasteiger partial charge in [0.2, 0.25) is 5.95 Å². The van der Waals surface area contributed by atoms with Gasteiger partial charge in [-0.25, -0.2) is 9.97 Å². The van der Waals surface area contributed by atoms with Crippen LogP contribution in [-0.2, 0) is 0 Å². The van der Waals surface area contributed by atoms with E-state index in [-0.39, 0.29) is 5.91 Å². The molecular weight excluding hydrogens is 340 g/mol.